The summed E-state index contributed by atoms with van der Waals surface area (Å²) in [5.41, 5.74) is 4.68. The number of hydrazone groups is 1. The van der Waals surface area contributed by atoms with Gasteiger partial charge in [0, 0.05) is 28.6 Å². The van der Waals surface area contributed by atoms with Crippen LogP contribution in [0.1, 0.15) is 5.56 Å². The van der Waals surface area contributed by atoms with E-state index in [1.807, 2.05) is 0 Å². The van der Waals surface area contributed by atoms with Crippen LogP contribution in [0.5, 0.6) is 5.75 Å². The molecule has 0 spiro atoms. The van der Waals surface area contributed by atoms with Gasteiger partial charge in [0.1, 0.15) is 5.75 Å². The third-order valence-electron chi connectivity index (χ3n) is 3.16. The van der Waals surface area contributed by atoms with Gasteiger partial charge in [0.25, 0.3) is 5.69 Å². The summed E-state index contributed by atoms with van der Waals surface area (Å²) in [6, 6.07) is 13.1. The molecule has 2 aromatic carbocycles. The van der Waals surface area contributed by atoms with Crippen LogP contribution in [0, 0.1) is 10.1 Å². The maximum atomic E-state index is 10.8. The van der Waals surface area contributed by atoms with E-state index < -0.39 is 4.92 Å². The molecule has 24 heavy (non-hydrogen) atoms. The van der Waals surface area contributed by atoms with Crippen LogP contribution in [0.25, 0.3) is 11.3 Å². The number of phenolic OH excluding ortho intramolecular Hbond substituents is 1. The molecule has 7 nitrogen and oxygen atoms in total. The Balaban J connectivity index is 1.73. The van der Waals surface area contributed by atoms with Crippen molar-refractivity contribution in [3.63, 3.8) is 0 Å². The van der Waals surface area contributed by atoms with Gasteiger partial charge in [-0.1, -0.05) is 24.3 Å². The highest BCUT2D eigenvalue weighted by Gasteiger charge is 2.09. The first-order chi connectivity index (χ1) is 11.6. The number of phenols is 1. The molecule has 0 fully saturated rings. The van der Waals surface area contributed by atoms with E-state index in [0.717, 1.165) is 0 Å². The number of rotatable bonds is 5. The largest absolute Gasteiger partial charge is 0.507 e. The minimum absolute atomic E-state index is 0.0209. The van der Waals surface area contributed by atoms with Crippen LogP contribution >= 0.6 is 11.3 Å². The molecular formula is C16H12N4O3S. The lowest BCUT2D eigenvalue weighted by Crippen LogP contribution is -1.91. The Morgan fingerprint density at radius 1 is 1.25 bits per heavy atom. The molecule has 0 saturated carbocycles. The van der Waals surface area contributed by atoms with Crippen molar-refractivity contribution in [2.45, 2.75) is 0 Å². The smallest absolute Gasteiger partial charge is 0.270 e. The van der Waals surface area contributed by atoms with E-state index in [1.165, 1.54) is 29.7 Å². The van der Waals surface area contributed by atoms with E-state index in [2.05, 4.69) is 15.5 Å². The van der Waals surface area contributed by atoms with Crippen LogP contribution in [0.4, 0.5) is 10.8 Å². The van der Waals surface area contributed by atoms with Crippen molar-refractivity contribution < 1.29 is 10.0 Å². The van der Waals surface area contributed by atoms with E-state index in [-0.39, 0.29) is 11.4 Å². The summed E-state index contributed by atoms with van der Waals surface area (Å²) in [7, 11) is 0. The van der Waals surface area contributed by atoms with Crippen LogP contribution in [0.3, 0.4) is 0 Å². The molecular weight excluding hydrogens is 328 g/mol. The fourth-order valence-corrected chi connectivity index (χ4v) is 2.66. The van der Waals surface area contributed by atoms with Gasteiger partial charge in [0.2, 0.25) is 5.13 Å². The number of hydrogen-bond acceptors (Lipinski definition) is 7. The number of nitro groups is 1. The van der Waals surface area contributed by atoms with Gasteiger partial charge in [-0.05, 0) is 12.1 Å². The SMILES string of the molecule is O=[N+]([O-])c1cccc(-c2csc(N/N=C/c3ccccc3O)n2)c1. The number of non-ortho nitro benzene ring substituents is 1. The van der Waals surface area contributed by atoms with Gasteiger partial charge in [0.15, 0.2) is 0 Å². The van der Waals surface area contributed by atoms with E-state index in [1.54, 1.807) is 41.8 Å². The summed E-state index contributed by atoms with van der Waals surface area (Å²) in [5, 5.41) is 26.8. The first-order valence-electron chi connectivity index (χ1n) is 6.91. The molecule has 1 heterocycles. The fraction of sp³-hybridized carbons (Fsp3) is 0. The average Bonchev–Trinajstić information content (AvgIpc) is 3.06. The molecule has 0 aliphatic rings. The van der Waals surface area contributed by atoms with Crippen LogP contribution < -0.4 is 5.43 Å². The van der Waals surface area contributed by atoms with E-state index >= 15 is 0 Å². The van der Waals surface area contributed by atoms with Gasteiger partial charge in [-0.15, -0.1) is 11.3 Å². The van der Waals surface area contributed by atoms with E-state index in [0.29, 0.717) is 22.0 Å². The number of aromatic hydroxyl groups is 1. The van der Waals surface area contributed by atoms with Crippen molar-refractivity contribution in [1.82, 2.24) is 4.98 Å². The molecule has 0 atom stereocenters. The van der Waals surface area contributed by atoms with Gasteiger partial charge < -0.3 is 5.11 Å². The van der Waals surface area contributed by atoms with Crippen molar-refractivity contribution in [2.75, 3.05) is 5.43 Å². The third kappa shape index (κ3) is 3.55. The van der Waals surface area contributed by atoms with Gasteiger partial charge in [-0.3, -0.25) is 15.5 Å². The summed E-state index contributed by atoms with van der Waals surface area (Å²) in [6.45, 7) is 0. The van der Waals surface area contributed by atoms with Crippen molar-refractivity contribution >= 4 is 28.4 Å². The molecule has 3 rings (SSSR count). The molecule has 3 aromatic rings. The number of aromatic nitrogens is 1. The number of para-hydroxylation sites is 1. The Morgan fingerprint density at radius 2 is 2.08 bits per heavy atom. The molecule has 0 unspecified atom stereocenters. The fourth-order valence-electron chi connectivity index (χ4n) is 1.99. The lowest BCUT2D eigenvalue weighted by Gasteiger charge is -1.98. The number of anilines is 1. The van der Waals surface area contributed by atoms with E-state index in [9.17, 15) is 15.2 Å². The second-order valence-electron chi connectivity index (χ2n) is 4.77. The average molecular weight is 340 g/mol. The summed E-state index contributed by atoms with van der Waals surface area (Å²) < 4.78 is 0. The standard InChI is InChI=1S/C16H12N4O3S/c21-15-7-2-1-4-12(15)9-17-19-16-18-14(10-24-16)11-5-3-6-13(8-11)20(22)23/h1-10,21H,(H,18,19)/b17-9+. The highest BCUT2D eigenvalue weighted by atomic mass is 32.1. The van der Waals surface area contributed by atoms with Gasteiger partial charge in [-0.25, -0.2) is 4.98 Å². The van der Waals surface area contributed by atoms with Crippen molar-refractivity contribution in [1.29, 1.82) is 0 Å². The molecule has 0 aliphatic heterocycles. The first-order valence-corrected chi connectivity index (χ1v) is 7.79. The second-order valence-corrected chi connectivity index (χ2v) is 5.63. The predicted molar refractivity (Wildman–Crippen MR) is 93.5 cm³/mol. The van der Waals surface area contributed by atoms with Gasteiger partial charge in [0.05, 0.1) is 16.8 Å². The Hall–Kier alpha value is -3.26. The van der Waals surface area contributed by atoms with Crippen LogP contribution in [0.15, 0.2) is 59.0 Å². The van der Waals surface area contributed by atoms with Gasteiger partial charge in [-0.2, -0.15) is 5.10 Å². The van der Waals surface area contributed by atoms with Crippen molar-refractivity contribution in [2.24, 2.45) is 5.10 Å². The predicted octanol–water partition coefficient (Wildman–Crippen LogP) is 3.87. The van der Waals surface area contributed by atoms with Crippen molar-refractivity contribution in [3.8, 4) is 17.0 Å². The Morgan fingerprint density at radius 3 is 2.88 bits per heavy atom. The summed E-state index contributed by atoms with van der Waals surface area (Å²) in [4.78, 5) is 14.7. The number of nitrogens with zero attached hydrogens (tertiary/aromatic N) is 3. The summed E-state index contributed by atoms with van der Waals surface area (Å²) >= 11 is 1.33. The minimum Gasteiger partial charge on any atom is -0.507 e. The zero-order chi connectivity index (χ0) is 16.9. The lowest BCUT2D eigenvalue weighted by atomic mass is 10.1. The number of nitrogens with one attached hydrogen (secondary N) is 1. The van der Waals surface area contributed by atoms with E-state index in [4.69, 9.17) is 0 Å². The molecule has 0 amide bonds. The first kappa shape index (κ1) is 15.6. The number of nitro benzene ring substituents is 1. The maximum absolute atomic E-state index is 10.8. The van der Waals surface area contributed by atoms with Crippen LogP contribution in [0.2, 0.25) is 0 Å². The molecule has 0 saturated heterocycles. The normalized spacial score (nSPS) is 10.8. The maximum Gasteiger partial charge on any atom is 0.270 e. The Kier molecular flexibility index (Phi) is 4.48. The quantitative estimate of drug-likeness (QED) is 0.417. The number of thiazole rings is 1. The highest BCUT2D eigenvalue weighted by Crippen LogP contribution is 2.27. The van der Waals surface area contributed by atoms with Crippen LogP contribution in [-0.4, -0.2) is 21.2 Å². The molecule has 1 aromatic heterocycles. The molecule has 0 aliphatic carbocycles. The highest BCUT2D eigenvalue weighted by molar-refractivity contribution is 7.14. The number of benzene rings is 2. The van der Waals surface area contributed by atoms with Crippen LogP contribution in [-0.2, 0) is 0 Å². The lowest BCUT2D eigenvalue weighted by molar-refractivity contribution is -0.384. The Labute approximate surface area is 141 Å². The topological polar surface area (TPSA) is 101 Å². The minimum atomic E-state index is -0.439. The Bertz CT molecular complexity index is 908. The van der Waals surface area contributed by atoms with Gasteiger partial charge >= 0.3 is 0 Å². The molecule has 8 heteroatoms. The molecule has 0 bridgehead atoms. The molecule has 2 N–H and O–H groups in total. The summed E-state index contributed by atoms with van der Waals surface area (Å²) in [6.07, 6.45) is 1.49. The molecule has 0 radical (unpaired) electrons. The second kappa shape index (κ2) is 6.88. The number of hydrogen-bond donors (Lipinski definition) is 2. The molecule has 120 valence electrons. The van der Waals surface area contributed by atoms with Crippen molar-refractivity contribution in [3.05, 3.63) is 69.6 Å². The zero-order valence-electron chi connectivity index (χ0n) is 12.3. The third-order valence-corrected chi connectivity index (χ3v) is 3.90. The monoisotopic (exact) mass is 340 g/mol. The summed E-state index contributed by atoms with van der Waals surface area (Å²) in [5.74, 6) is 0.138. The zero-order valence-corrected chi connectivity index (χ0v) is 13.1.